The summed E-state index contributed by atoms with van der Waals surface area (Å²) >= 11 is 0. The second-order valence-electron chi connectivity index (χ2n) is 3.94. The van der Waals surface area contributed by atoms with Gasteiger partial charge in [0.1, 0.15) is 0 Å². The van der Waals surface area contributed by atoms with Crippen molar-refractivity contribution >= 4 is 11.4 Å². The number of nitrogens with zero attached hydrogens (tertiary/aromatic N) is 2. The van der Waals surface area contributed by atoms with Crippen molar-refractivity contribution in [2.45, 2.75) is 0 Å². The summed E-state index contributed by atoms with van der Waals surface area (Å²) in [7, 11) is 5.50. The molecule has 5 nitrogen and oxygen atoms in total. The first-order valence-electron chi connectivity index (χ1n) is 4.12. The molecule has 15 heavy (non-hydrogen) atoms. The van der Waals surface area contributed by atoms with E-state index in [4.69, 9.17) is 0 Å². The Kier molecular flexibility index (Phi) is 4.06. The van der Waals surface area contributed by atoms with Gasteiger partial charge in [0, 0.05) is 6.07 Å². The highest BCUT2D eigenvalue weighted by molar-refractivity contribution is 5.59. The van der Waals surface area contributed by atoms with Crippen LogP contribution in [0.5, 0.6) is 5.75 Å². The Morgan fingerprint density at radius 1 is 1.33 bits per heavy atom. The van der Waals surface area contributed by atoms with Crippen LogP contribution in [0.1, 0.15) is 0 Å². The number of hydrogen-bond donors (Lipinski definition) is 1. The molecule has 0 unspecified atom stereocenters. The number of halogens is 1. The van der Waals surface area contributed by atoms with Gasteiger partial charge in [0.15, 0.2) is 11.4 Å². The zero-order chi connectivity index (χ0) is 10.9. The van der Waals surface area contributed by atoms with Crippen LogP contribution in [0.25, 0.3) is 0 Å². The molecular formula is C9H13ClN2O3. The van der Waals surface area contributed by atoms with Crippen molar-refractivity contribution in [1.29, 1.82) is 0 Å². The van der Waals surface area contributed by atoms with E-state index in [1.165, 1.54) is 18.2 Å². The molecule has 6 heteroatoms. The van der Waals surface area contributed by atoms with Gasteiger partial charge in [-0.1, -0.05) is 0 Å². The van der Waals surface area contributed by atoms with E-state index in [0.29, 0.717) is 10.2 Å². The molecular weight excluding hydrogens is 220 g/mol. The minimum atomic E-state index is -0.474. The van der Waals surface area contributed by atoms with Gasteiger partial charge < -0.3 is 17.5 Å². The number of quaternary nitrogens is 1. The molecule has 0 radical (unpaired) electrons. The molecule has 0 spiro atoms. The number of non-ortho nitro benzene ring substituents is 1. The Bertz CT molecular complexity index is 374. The van der Waals surface area contributed by atoms with Crippen molar-refractivity contribution in [3.05, 3.63) is 28.3 Å². The van der Waals surface area contributed by atoms with Crippen LogP contribution in [0.15, 0.2) is 18.2 Å². The van der Waals surface area contributed by atoms with Gasteiger partial charge in [0.05, 0.1) is 32.1 Å². The SMILES string of the molecule is C[N+](C)(C)c1cc([N+](=O)[O-])ccc1O.[Cl-]. The molecule has 1 N–H and O–H groups in total. The Morgan fingerprint density at radius 3 is 2.27 bits per heavy atom. The molecule has 0 saturated heterocycles. The zero-order valence-corrected chi connectivity index (χ0v) is 9.52. The minimum Gasteiger partial charge on any atom is -1.00 e. The van der Waals surface area contributed by atoms with Crippen molar-refractivity contribution in [2.24, 2.45) is 0 Å². The van der Waals surface area contributed by atoms with E-state index in [9.17, 15) is 15.2 Å². The van der Waals surface area contributed by atoms with Crippen LogP contribution in [0.4, 0.5) is 11.4 Å². The molecule has 0 atom stereocenters. The van der Waals surface area contributed by atoms with E-state index in [1.54, 1.807) is 0 Å². The van der Waals surface area contributed by atoms with Gasteiger partial charge in [0.25, 0.3) is 5.69 Å². The predicted octanol–water partition coefficient (Wildman–Crippen LogP) is -1.50. The Morgan fingerprint density at radius 2 is 1.87 bits per heavy atom. The molecule has 1 aromatic rings. The maximum atomic E-state index is 10.5. The second-order valence-corrected chi connectivity index (χ2v) is 3.94. The summed E-state index contributed by atoms with van der Waals surface area (Å²) in [4.78, 5) is 10.0. The predicted molar refractivity (Wildman–Crippen MR) is 54.3 cm³/mol. The maximum absolute atomic E-state index is 10.5. The Hall–Kier alpha value is -1.33. The maximum Gasteiger partial charge on any atom is 0.275 e. The fourth-order valence-electron chi connectivity index (χ4n) is 1.16. The number of phenolic OH excluding ortho intramolecular Hbond substituents is 1. The number of aromatic hydroxyl groups is 1. The fourth-order valence-corrected chi connectivity index (χ4v) is 1.16. The molecule has 0 aliphatic rings. The Labute approximate surface area is 94.1 Å². The van der Waals surface area contributed by atoms with Gasteiger partial charge >= 0.3 is 0 Å². The average molecular weight is 233 g/mol. The number of hydrogen-bond acceptors (Lipinski definition) is 3. The second kappa shape index (κ2) is 4.46. The van der Waals surface area contributed by atoms with E-state index in [0.717, 1.165) is 0 Å². The molecule has 0 aromatic heterocycles. The third-order valence-electron chi connectivity index (χ3n) is 1.89. The summed E-state index contributed by atoms with van der Waals surface area (Å²) in [5.41, 5.74) is 0.519. The summed E-state index contributed by atoms with van der Waals surface area (Å²) in [6.45, 7) is 0. The van der Waals surface area contributed by atoms with Crippen molar-refractivity contribution in [2.75, 3.05) is 21.1 Å². The first-order valence-corrected chi connectivity index (χ1v) is 4.12. The summed E-state index contributed by atoms with van der Waals surface area (Å²) < 4.78 is 0.341. The van der Waals surface area contributed by atoms with Crippen LogP contribution in [-0.4, -0.2) is 31.2 Å². The third kappa shape index (κ3) is 3.07. The highest BCUT2D eigenvalue weighted by atomic mass is 35.5. The largest absolute Gasteiger partial charge is 1.00 e. The molecule has 0 saturated carbocycles. The van der Waals surface area contributed by atoms with Crippen LogP contribution < -0.4 is 16.9 Å². The topological polar surface area (TPSA) is 63.4 Å². The van der Waals surface area contributed by atoms with Crippen molar-refractivity contribution in [3.8, 4) is 5.75 Å². The van der Waals surface area contributed by atoms with E-state index in [-0.39, 0.29) is 23.8 Å². The first kappa shape index (κ1) is 13.7. The number of nitro groups is 1. The monoisotopic (exact) mass is 232 g/mol. The van der Waals surface area contributed by atoms with E-state index < -0.39 is 4.92 Å². The van der Waals surface area contributed by atoms with Crippen LogP contribution in [0.2, 0.25) is 0 Å². The summed E-state index contributed by atoms with van der Waals surface area (Å²) in [6.07, 6.45) is 0. The van der Waals surface area contributed by atoms with E-state index >= 15 is 0 Å². The number of rotatable bonds is 2. The van der Waals surface area contributed by atoms with Crippen molar-refractivity contribution in [1.82, 2.24) is 4.48 Å². The first-order chi connectivity index (χ1) is 6.32. The molecule has 0 heterocycles. The summed E-state index contributed by atoms with van der Waals surface area (Å²) in [6, 6.07) is 4.01. The molecule has 1 aromatic carbocycles. The Balaban J connectivity index is 0.00000196. The van der Waals surface area contributed by atoms with Crippen LogP contribution in [0, 0.1) is 10.1 Å². The molecule has 0 fully saturated rings. The summed E-state index contributed by atoms with van der Waals surface area (Å²) in [5, 5.41) is 20.0. The van der Waals surface area contributed by atoms with Gasteiger partial charge in [-0.05, 0) is 6.07 Å². The lowest BCUT2D eigenvalue weighted by Gasteiger charge is -2.23. The molecule has 84 valence electrons. The summed E-state index contributed by atoms with van der Waals surface area (Å²) in [5.74, 6) is 0.0723. The highest BCUT2D eigenvalue weighted by Gasteiger charge is 2.21. The standard InChI is InChI=1S/C9H12N2O3.ClH/c1-11(2,3)8-6-7(10(13)14)4-5-9(8)12;/h4-6H,1-3H3;1H. The normalized spacial score (nSPS) is 10.6. The molecule has 0 bridgehead atoms. The fraction of sp³-hybridized carbons (Fsp3) is 0.333. The lowest BCUT2D eigenvalue weighted by Crippen LogP contribution is -3.00. The third-order valence-corrected chi connectivity index (χ3v) is 1.89. The van der Waals surface area contributed by atoms with Gasteiger partial charge in [0.2, 0.25) is 0 Å². The quantitative estimate of drug-likeness (QED) is 0.384. The smallest absolute Gasteiger partial charge is 0.275 e. The minimum absolute atomic E-state index is 0. The molecule has 1 rings (SSSR count). The molecule has 0 aliphatic carbocycles. The van der Waals surface area contributed by atoms with E-state index in [1.807, 2.05) is 21.1 Å². The van der Waals surface area contributed by atoms with Crippen molar-refractivity contribution < 1.29 is 22.4 Å². The average Bonchev–Trinajstić information content (AvgIpc) is 2.02. The van der Waals surface area contributed by atoms with Gasteiger partial charge in [-0.3, -0.25) is 14.6 Å². The van der Waals surface area contributed by atoms with Crippen LogP contribution in [-0.2, 0) is 0 Å². The van der Waals surface area contributed by atoms with Gasteiger partial charge in [-0.15, -0.1) is 0 Å². The number of nitro benzene ring substituents is 1. The van der Waals surface area contributed by atoms with Crippen LogP contribution >= 0.6 is 0 Å². The highest BCUT2D eigenvalue weighted by Crippen LogP contribution is 2.32. The van der Waals surface area contributed by atoms with Gasteiger partial charge in [-0.25, -0.2) is 0 Å². The molecule has 0 amide bonds. The molecule has 0 aliphatic heterocycles. The zero-order valence-electron chi connectivity index (χ0n) is 8.77. The number of benzene rings is 1. The lowest BCUT2D eigenvalue weighted by molar-refractivity contribution is -0.384. The van der Waals surface area contributed by atoms with E-state index in [2.05, 4.69) is 0 Å². The lowest BCUT2D eigenvalue weighted by atomic mass is 10.2. The van der Waals surface area contributed by atoms with Crippen molar-refractivity contribution in [3.63, 3.8) is 0 Å². The van der Waals surface area contributed by atoms with Crippen LogP contribution in [0.3, 0.4) is 0 Å². The number of phenols is 1. The van der Waals surface area contributed by atoms with Gasteiger partial charge in [-0.2, -0.15) is 0 Å².